The van der Waals surface area contributed by atoms with Crippen molar-refractivity contribution in [3.8, 4) is 0 Å². The highest BCUT2D eigenvalue weighted by molar-refractivity contribution is 7.98. The summed E-state index contributed by atoms with van der Waals surface area (Å²) in [6, 6.07) is 7.57. The van der Waals surface area contributed by atoms with Gasteiger partial charge in [-0.1, -0.05) is 29.5 Å². The van der Waals surface area contributed by atoms with Crippen LogP contribution >= 0.6 is 11.8 Å². The van der Waals surface area contributed by atoms with Gasteiger partial charge in [-0.3, -0.25) is 4.79 Å². The second-order valence-corrected chi connectivity index (χ2v) is 8.08. The highest BCUT2D eigenvalue weighted by Gasteiger charge is 2.19. The van der Waals surface area contributed by atoms with Crippen molar-refractivity contribution in [3.05, 3.63) is 41.6 Å². The summed E-state index contributed by atoms with van der Waals surface area (Å²) in [5.41, 5.74) is 2.63. The van der Waals surface area contributed by atoms with Crippen LogP contribution in [-0.2, 0) is 6.54 Å². The number of hydrogen-bond donors (Lipinski definition) is 1. The number of hydrogen-bond acceptors (Lipinski definition) is 6. The van der Waals surface area contributed by atoms with Gasteiger partial charge in [0.15, 0.2) is 10.8 Å². The Morgan fingerprint density at radius 3 is 2.62 bits per heavy atom. The number of benzene rings is 1. The molecule has 0 atom stereocenters. The number of aromatic nitrogens is 4. The van der Waals surface area contributed by atoms with Crippen LogP contribution in [0.2, 0.25) is 0 Å². The number of carbonyl (C=O) groups excluding carboxylic acids is 1. The van der Waals surface area contributed by atoms with Crippen molar-refractivity contribution in [2.45, 2.75) is 37.9 Å². The molecule has 0 unspecified atom stereocenters. The Morgan fingerprint density at radius 2 is 1.90 bits per heavy atom. The smallest absolute Gasteiger partial charge is 0.251 e. The van der Waals surface area contributed by atoms with Crippen molar-refractivity contribution < 1.29 is 4.79 Å². The summed E-state index contributed by atoms with van der Waals surface area (Å²) < 4.78 is 1.86. The van der Waals surface area contributed by atoms with Gasteiger partial charge >= 0.3 is 0 Å². The highest BCUT2D eigenvalue weighted by Crippen LogP contribution is 2.28. The molecule has 0 bridgehead atoms. The maximum Gasteiger partial charge on any atom is 0.251 e. The lowest BCUT2D eigenvalue weighted by Crippen LogP contribution is -2.30. The fraction of sp³-hybridized carbons (Fsp3) is 0.429. The second-order valence-electron chi connectivity index (χ2n) is 7.31. The molecule has 0 saturated carbocycles. The van der Waals surface area contributed by atoms with E-state index in [4.69, 9.17) is 4.98 Å². The first kappa shape index (κ1) is 19.7. The van der Waals surface area contributed by atoms with E-state index in [1.807, 2.05) is 48.3 Å². The minimum Gasteiger partial charge on any atom is -0.356 e. The molecule has 1 N–H and O–H groups in total. The normalized spacial score (nSPS) is 14.3. The van der Waals surface area contributed by atoms with E-state index in [2.05, 4.69) is 20.3 Å². The van der Waals surface area contributed by atoms with Gasteiger partial charge in [0.2, 0.25) is 0 Å². The van der Waals surface area contributed by atoms with Crippen LogP contribution in [0, 0.1) is 6.92 Å². The number of carbonyl (C=O) groups is 1. The molecule has 1 aromatic carbocycles. The van der Waals surface area contributed by atoms with Gasteiger partial charge in [0.05, 0.1) is 18.1 Å². The maximum absolute atomic E-state index is 12.3. The minimum absolute atomic E-state index is 0.0742. The molecule has 1 amide bonds. The van der Waals surface area contributed by atoms with E-state index in [-0.39, 0.29) is 5.91 Å². The molecule has 0 radical (unpaired) electrons. The number of anilines is 1. The molecule has 1 saturated heterocycles. The predicted molar refractivity (Wildman–Crippen MR) is 117 cm³/mol. The average molecular weight is 411 g/mol. The van der Waals surface area contributed by atoms with Gasteiger partial charge in [0.1, 0.15) is 5.82 Å². The molecule has 152 valence electrons. The van der Waals surface area contributed by atoms with Crippen LogP contribution in [-0.4, -0.2) is 51.5 Å². The summed E-state index contributed by atoms with van der Waals surface area (Å²) in [5.74, 6) is 0.906. The van der Waals surface area contributed by atoms with Crippen molar-refractivity contribution in [1.82, 2.24) is 25.1 Å². The molecule has 0 spiro atoms. The molecule has 3 aromatic rings. The van der Waals surface area contributed by atoms with Crippen LogP contribution < -0.4 is 10.2 Å². The number of piperidine rings is 1. The molecule has 3 heterocycles. The van der Waals surface area contributed by atoms with Crippen LogP contribution in [0.3, 0.4) is 0 Å². The SMILES string of the molecule is CSc1nc(N2CCCCC2)c2cnn(CCNC(=O)c3ccc(C)cc3)c2n1. The quantitative estimate of drug-likeness (QED) is 0.496. The average Bonchev–Trinajstić information content (AvgIpc) is 3.17. The van der Waals surface area contributed by atoms with Crippen LogP contribution in [0.5, 0.6) is 0 Å². The third kappa shape index (κ3) is 4.37. The summed E-state index contributed by atoms with van der Waals surface area (Å²) in [6.07, 6.45) is 7.51. The summed E-state index contributed by atoms with van der Waals surface area (Å²) in [6.45, 7) is 5.11. The lowest BCUT2D eigenvalue weighted by atomic mass is 10.1. The fourth-order valence-corrected chi connectivity index (χ4v) is 3.96. The molecule has 7 nitrogen and oxygen atoms in total. The van der Waals surface area contributed by atoms with Gasteiger partial charge in [-0.2, -0.15) is 5.10 Å². The minimum atomic E-state index is -0.0742. The summed E-state index contributed by atoms with van der Waals surface area (Å²) >= 11 is 1.54. The first-order valence-electron chi connectivity index (χ1n) is 10.0. The van der Waals surface area contributed by atoms with Gasteiger partial charge in [-0.15, -0.1) is 0 Å². The zero-order valence-corrected chi connectivity index (χ0v) is 17.7. The number of nitrogens with one attached hydrogen (secondary N) is 1. The van der Waals surface area contributed by atoms with Gasteiger partial charge in [0, 0.05) is 25.2 Å². The zero-order chi connectivity index (χ0) is 20.2. The van der Waals surface area contributed by atoms with E-state index >= 15 is 0 Å². The van der Waals surface area contributed by atoms with E-state index < -0.39 is 0 Å². The number of amides is 1. The number of nitrogens with zero attached hydrogens (tertiary/aromatic N) is 5. The Balaban J connectivity index is 1.50. The molecule has 0 aliphatic carbocycles. The van der Waals surface area contributed by atoms with E-state index in [0.717, 1.165) is 40.7 Å². The molecule has 29 heavy (non-hydrogen) atoms. The monoisotopic (exact) mass is 410 g/mol. The Labute approximate surface area is 174 Å². The van der Waals surface area contributed by atoms with Gasteiger partial charge in [-0.05, 0) is 44.6 Å². The summed E-state index contributed by atoms with van der Waals surface area (Å²) in [5, 5.41) is 9.24. The number of aryl methyl sites for hydroxylation is 1. The van der Waals surface area contributed by atoms with Gasteiger partial charge in [-0.25, -0.2) is 14.6 Å². The lowest BCUT2D eigenvalue weighted by molar-refractivity contribution is 0.0952. The largest absolute Gasteiger partial charge is 0.356 e. The number of thioether (sulfide) groups is 1. The number of fused-ring (bicyclic) bond motifs is 1. The number of rotatable bonds is 6. The van der Waals surface area contributed by atoms with Crippen LogP contribution in [0.15, 0.2) is 35.6 Å². The van der Waals surface area contributed by atoms with Crippen molar-refractivity contribution in [2.24, 2.45) is 0 Å². The maximum atomic E-state index is 12.3. The first-order chi connectivity index (χ1) is 14.2. The topological polar surface area (TPSA) is 75.9 Å². The standard InChI is InChI=1S/C21H26N6OS/c1-15-6-8-16(9-7-15)20(28)22-10-13-27-19-17(14-23-27)18(24-21(25-19)29-2)26-11-4-3-5-12-26/h6-9,14H,3-5,10-13H2,1-2H3,(H,22,28). The molecule has 1 aliphatic rings. The fourth-order valence-electron chi connectivity index (χ4n) is 3.61. The Morgan fingerprint density at radius 1 is 1.14 bits per heavy atom. The van der Waals surface area contributed by atoms with Crippen LogP contribution in [0.1, 0.15) is 35.2 Å². The molecular weight excluding hydrogens is 384 g/mol. The first-order valence-corrected chi connectivity index (χ1v) is 11.3. The van der Waals surface area contributed by atoms with E-state index in [1.165, 1.54) is 19.3 Å². The van der Waals surface area contributed by atoms with Crippen molar-refractivity contribution in [3.63, 3.8) is 0 Å². The Hall–Kier alpha value is -2.61. The van der Waals surface area contributed by atoms with E-state index in [0.29, 0.717) is 18.7 Å². The molecule has 8 heteroatoms. The molecule has 4 rings (SSSR count). The van der Waals surface area contributed by atoms with Crippen LogP contribution in [0.25, 0.3) is 11.0 Å². The van der Waals surface area contributed by atoms with E-state index in [1.54, 1.807) is 11.8 Å². The third-order valence-corrected chi connectivity index (χ3v) is 5.76. The zero-order valence-electron chi connectivity index (χ0n) is 16.9. The van der Waals surface area contributed by atoms with Crippen molar-refractivity contribution in [1.29, 1.82) is 0 Å². The van der Waals surface area contributed by atoms with Crippen molar-refractivity contribution in [2.75, 3.05) is 30.8 Å². The highest BCUT2D eigenvalue weighted by atomic mass is 32.2. The van der Waals surface area contributed by atoms with Crippen molar-refractivity contribution >= 4 is 34.5 Å². The second kappa shape index (κ2) is 8.82. The Bertz CT molecular complexity index is 994. The summed E-state index contributed by atoms with van der Waals surface area (Å²) in [4.78, 5) is 24.1. The van der Waals surface area contributed by atoms with Gasteiger partial charge < -0.3 is 10.2 Å². The van der Waals surface area contributed by atoms with E-state index in [9.17, 15) is 4.79 Å². The van der Waals surface area contributed by atoms with Gasteiger partial charge in [0.25, 0.3) is 5.91 Å². The molecule has 1 fully saturated rings. The molecular formula is C21H26N6OS. The predicted octanol–water partition coefficient (Wildman–Crippen LogP) is 3.28. The lowest BCUT2D eigenvalue weighted by Gasteiger charge is -2.28. The Kier molecular flexibility index (Phi) is 5.99. The third-order valence-electron chi connectivity index (χ3n) is 5.22. The summed E-state index contributed by atoms with van der Waals surface area (Å²) in [7, 11) is 0. The molecule has 1 aliphatic heterocycles. The molecule has 2 aromatic heterocycles. The van der Waals surface area contributed by atoms with Crippen LogP contribution in [0.4, 0.5) is 5.82 Å².